The van der Waals surface area contributed by atoms with Crippen molar-refractivity contribution in [3.05, 3.63) is 101 Å². The molecule has 5 rings (SSSR count). The van der Waals surface area contributed by atoms with E-state index in [4.69, 9.17) is 4.74 Å². The lowest BCUT2D eigenvalue weighted by Crippen LogP contribution is -2.40. The van der Waals surface area contributed by atoms with E-state index in [1.54, 1.807) is 12.1 Å². The summed E-state index contributed by atoms with van der Waals surface area (Å²) in [5.74, 6) is 0.205. The fraction of sp³-hybridized carbons (Fsp3) is 0.192. The summed E-state index contributed by atoms with van der Waals surface area (Å²) in [6.07, 6.45) is 0.744. The zero-order valence-electron chi connectivity index (χ0n) is 17.3. The minimum absolute atomic E-state index is 0.178. The molecule has 1 atom stereocenters. The summed E-state index contributed by atoms with van der Waals surface area (Å²) in [5, 5.41) is 1.19. The van der Waals surface area contributed by atoms with Gasteiger partial charge in [0.1, 0.15) is 11.6 Å². The molecule has 0 spiro atoms. The number of H-pyrrole nitrogens is 1. The molecule has 0 saturated heterocycles. The van der Waals surface area contributed by atoms with Crippen molar-refractivity contribution in [2.24, 2.45) is 0 Å². The van der Waals surface area contributed by atoms with Gasteiger partial charge in [-0.1, -0.05) is 36.4 Å². The van der Waals surface area contributed by atoms with Crippen LogP contribution in [0.25, 0.3) is 10.9 Å². The van der Waals surface area contributed by atoms with Gasteiger partial charge in [0.15, 0.2) is 0 Å². The Balaban J connectivity index is 1.63. The van der Waals surface area contributed by atoms with Crippen molar-refractivity contribution in [1.29, 1.82) is 0 Å². The Labute approximate surface area is 180 Å². The standard InChI is InChI=1S/C26H23FN2O2/c1-2-31-20-12-10-17(11-13-20)25-24-22(21-8-3-4-9-23(21)28-24)14-15-29(25)26(30)18-6-5-7-19(27)16-18/h3-13,16,25,28H,2,14-15H2,1H3/t25-/m1/s1. The molecule has 1 aromatic heterocycles. The second kappa shape index (κ2) is 7.91. The van der Waals surface area contributed by atoms with Crippen LogP contribution in [0.5, 0.6) is 5.75 Å². The van der Waals surface area contributed by atoms with Crippen LogP contribution >= 0.6 is 0 Å². The summed E-state index contributed by atoms with van der Waals surface area (Å²) < 4.78 is 19.4. The maximum Gasteiger partial charge on any atom is 0.254 e. The van der Waals surface area contributed by atoms with E-state index in [-0.39, 0.29) is 11.9 Å². The highest BCUT2D eigenvalue weighted by atomic mass is 19.1. The predicted molar refractivity (Wildman–Crippen MR) is 119 cm³/mol. The second-order valence-corrected chi connectivity index (χ2v) is 7.73. The highest BCUT2D eigenvalue weighted by molar-refractivity contribution is 5.95. The highest BCUT2D eigenvalue weighted by Crippen LogP contribution is 2.39. The number of aromatic amines is 1. The number of carbonyl (C=O) groups is 1. The molecular weight excluding hydrogens is 391 g/mol. The number of fused-ring (bicyclic) bond motifs is 3. The lowest BCUT2D eigenvalue weighted by Gasteiger charge is -2.36. The Morgan fingerprint density at radius 3 is 2.68 bits per heavy atom. The molecule has 1 aliphatic heterocycles. The molecule has 0 radical (unpaired) electrons. The topological polar surface area (TPSA) is 45.3 Å². The van der Waals surface area contributed by atoms with Gasteiger partial charge in [-0.05, 0) is 60.9 Å². The number of para-hydroxylation sites is 1. The molecule has 1 amide bonds. The van der Waals surface area contributed by atoms with Crippen molar-refractivity contribution in [1.82, 2.24) is 9.88 Å². The molecule has 0 unspecified atom stereocenters. The molecule has 156 valence electrons. The van der Waals surface area contributed by atoms with Crippen molar-refractivity contribution in [2.75, 3.05) is 13.2 Å². The molecule has 1 N–H and O–H groups in total. The van der Waals surface area contributed by atoms with Gasteiger partial charge in [0.25, 0.3) is 5.91 Å². The Hall–Kier alpha value is -3.60. The monoisotopic (exact) mass is 414 g/mol. The third kappa shape index (κ3) is 3.46. The van der Waals surface area contributed by atoms with Crippen LogP contribution < -0.4 is 4.74 Å². The van der Waals surface area contributed by atoms with Crippen LogP contribution in [-0.4, -0.2) is 28.9 Å². The third-order valence-electron chi connectivity index (χ3n) is 5.87. The van der Waals surface area contributed by atoms with Gasteiger partial charge in [-0.3, -0.25) is 4.79 Å². The van der Waals surface area contributed by atoms with Gasteiger partial charge in [-0.25, -0.2) is 4.39 Å². The number of benzene rings is 3. The number of nitrogens with one attached hydrogen (secondary N) is 1. The average molecular weight is 414 g/mol. The van der Waals surface area contributed by atoms with Gasteiger partial charge in [-0.2, -0.15) is 0 Å². The lowest BCUT2D eigenvalue weighted by atomic mass is 9.91. The fourth-order valence-corrected chi connectivity index (χ4v) is 4.51. The van der Waals surface area contributed by atoms with Crippen LogP contribution in [0, 0.1) is 5.82 Å². The summed E-state index contributed by atoms with van der Waals surface area (Å²) in [6.45, 7) is 3.10. The largest absolute Gasteiger partial charge is 0.494 e. The van der Waals surface area contributed by atoms with E-state index in [1.807, 2.05) is 48.2 Å². The SMILES string of the molecule is CCOc1ccc([C@@H]2c3[nH]c4ccccc4c3CCN2C(=O)c2cccc(F)c2)cc1. The molecule has 0 saturated carbocycles. The summed E-state index contributed by atoms with van der Waals surface area (Å²) >= 11 is 0. The summed E-state index contributed by atoms with van der Waals surface area (Å²) in [6, 6.07) is 21.7. The van der Waals surface area contributed by atoms with Crippen LogP contribution in [0.4, 0.5) is 4.39 Å². The van der Waals surface area contributed by atoms with E-state index in [0.29, 0.717) is 18.7 Å². The van der Waals surface area contributed by atoms with Crippen molar-refractivity contribution in [3.63, 3.8) is 0 Å². The maximum absolute atomic E-state index is 13.8. The second-order valence-electron chi connectivity index (χ2n) is 7.73. The zero-order chi connectivity index (χ0) is 21.4. The molecular formula is C26H23FN2O2. The van der Waals surface area contributed by atoms with E-state index in [1.165, 1.54) is 23.1 Å². The Morgan fingerprint density at radius 2 is 1.90 bits per heavy atom. The van der Waals surface area contributed by atoms with Crippen LogP contribution in [0.2, 0.25) is 0 Å². The van der Waals surface area contributed by atoms with Gasteiger partial charge in [-0.15, -0.1) is 0 Å². The Bertz CT molecular complexity index is 1250. The molecule has 3 aromatic carbocycles. The van der Waals surface area contributed by atoms with Crippen molar-refractivity contribution >= 4 is 16.8 Å². The van der Waals surface area contributed by atoms with E-state index < -0.39 is 5.82 Å². The third-order valence-corrected chi connectivity index (χ3v) is 5.87. The van der Waals surface area contributed by atoms with Crippen LogP contribution in [0.3, 0.4) is 0 Å². The van der Waals surface area contributed by atoms with Crippen LogP contribution in [0.15, 0.2) is 72.8 Å². The molecule has 1 aliphatic rings. The highest BCUT2D eigenvalue weighted by Gasteiger charge is 2.35. The van der Waals surface area contributed by atoms with E-state index >= 15 is 0 Å². The number of nitrogens with zero attached hydrogens (tertiary/aromatic N) is 1. The zero-order valence-corrected chi connectivity index (χ0v) is 17.3. The Kier molecular flexibility index (Phi) is 4.94. The van der Waals surface area contributed by atoms with E-state index in [0.717, 1.165) is 28.9 Å². The van der Waals surface area contributed by atoms with E-state index in [2.05, 4.69) is 17.1 Å². The first-order valence-electron chi connectivity index (χ1n) is 10.5. The molecule has 2 heterocycles. The summed E-state index contributed by atoms with van der Waals surface area (Å²) in [4.78, 5) is 18.8. The number of carbonyl (C=O) groups excluding carboxylic acids is 1. The first kappa shape index (κ1) is 19.4. The van der Waals surface area contributed by atoms with E-state index in [9.17, 15) is 9.18 Å². The smallest absolute Gasteiger partial charge is 0.254 e. The predicted octanol–water partition coefficient (Wildman–Crippen LogP) is 5.49. The molecule has 4 nitrogen and oxygen atoms in total. The molecule has 4 aromatic rings. The van der Waals surface area contributed by atoms with Crippen LogP contribution in [-0.2, 0) is 6.42 Å². The van der Waals surface area contributed by atoms with Gasteiger partial charge in [0, 0.05) is 28.7 Å². The number of hydrogen-bond acceptors (Lipinski definition) is 2. The van der Waals surface area contributed by atoms with Gasteiger partial charge in [0.2, 0.25) is 0 Å². The molecule has 0 fully saturated rings. The number of amides is 1. The molecule has 31 heavy (non-hydrogen) atoms. The summed E-state index contributed by atoms with van der Waals surface area (Å²) in [5.41, 5.74) is 4.65. The normalized spacial score (nSPS) is 15.7. The molecule has 0 aliphatic carbocycles. The van der Waals surface area contributed by atoms with Gasteiger partial charge >= 0.3 is 0 Å². The number of hydrogen-bond donors (Lipinski definition) is 1. The lowest BCUT2D eigenvalue weighted by molar-refractivity contribution is 0.0691. The van der Waals surface area contributed by atoms with Gasteiger partial charge < -0.3 is 14.6 Å². The first-order valence-corrected chi connectivity index (χ1v) is 10.5. The van der Waals surface area contributed by atoms with Crippen molar-refractivity contribution in [2.45, 2.75) is 19.4 Å². The Morgan fingerprint density at radius 1 is 1.10 bits per heavy atom. The number of ether oxygens (including phenoxy) is 1. The molecule has 0 bridgehead atoms. The fourth-order valence-electron chi connectivity index (χ4n) is 4.51. The van der Waals surface area contributed by atoms with Crippen molar-refractivity contribution < 1.29 is 13.9 Å². The first-order chi connectivity index (χ1) is 15.2. The minimum atomic E-state index is -0.410. The number of aromatic nitrogens is 1. The maximum atomic E-state index is 13.8. The van der Waals surface area contributed by atoms with Crippen molar-refractivity contribution in [3.8, 4) is 5.75 Å². The van der Waals surface area contributed by atoms with Crippen LogP contribution in [0.1, 0.15) is 40.1 Å². The van der Waals surface area contributed by atoms with Gasteiger partial charge in [0.05, 0.1) is 12.6 Å². The molecule has 5 heteroatoms. The number of halogens is 1. The number of rotatable bonds is 4. The quantitative estimate of drug-likeness (QED) is 0.480. The average Bonchev–Trinajstić information content (AvgIpc) is 3.17. The summed E-state index contributed by atoms with van der Waals surface area (Å²) in [7, 11) is 0. The minimum Gasteiger partial charge on any atom is -0.494 e.